The molecule has 3 unspecified atom stereocenters. The highest BCUT2D eigenvalue weighted by Crippen LogP contribution is 2.49. The van der Waals surface area contributed by atoms with Gasteiger partial charge in [-0.2, -0.15) is 0 Å². The number of alkyl carbamates (subject to hydrolysis) is 2. The number of ether oxygens (including phenoxy) is 4. The second-order valence-electron chi connectivity index (χ2n) is 20.3. The lowest BCUT2D eigenvalue weighted by molar-refractivity contribution is -0.136. The molecule has 0 radical (unpaired) electrons. The van der Waals surface area contributed by atoms with Crippen molar-refractivity contribution in [3.05, 3.63) is 95.6 Å². The number of methoxy groups -OCH3 is 2. The lowest BCUT2D eigenvalue weighted by Gasteiger charge is -2.31. The van der Waals surface area contributed by atoms with Crippen molar-refractivity contribution >= 4 is 34.9 Å². The minimum Gasteiger partial charge on any atom is -0.487 e. The second kappa shape index (κ2) is 18.4. The van der Waals surface area contributed by atoms with Crippen molar-refractivity contribution in [3.8, 4) is 45.3 Å². The van der Waals surface area contributed by atoms with Crippen LogP contribution >= 0.6 is 0 Å². The van der Waals surface area contributed by atoms with E-state index in [4.69, 9.17) is 28.9 Å². The van der Waals surface area contributed by atoms with Crippen LogP contribution in [0, 0.1) is 17.7 Å². The van der Waals surface area contributed by atoms with Gasteiger partial charge < -0.3 is 53.9 Å². The first-order valence-electron chi connectivity index (χ1n) is 24.4. The van der Waals surface area contributed by atoms with Crippen molar-refractivity contribution in [3.63, 3.8) is 0 Å². The Labute approximate surface area is 410 Å². The maximum Gasteiger partial charge on any atom is 0.407 e. The second-order valence-corrected chi connectivity index (χ2v) is 20.3. The number of nitrogens with zero attached hydrogens (tertiary/aromatic N) is 5. The van der Waals surface area contributed by atoms with Crippen LogP contribution in [0.2, 0.25) is 0 Å². The number of H-pyrrole nitrogens is 2. The zero-order valence-corrected chi connectivity index (χ0v) is 41.2. The number of carbonyl (C=O) groups is 4. The number of imidazole rings is 2. The van der Waals surface area contributed by atoms with E-state index in [0.717, 1.165) is 58.3 Å². The molecule has 17 nitrogen and oxygen atoms in total. The highest BCUT2D eigenvalue weighted by molar-refractivity contribution is 5.93. The van der Waals surface area contributed by atoms with Crippen LogP contribution in [-0.2, 0) is 25.5 Å². The number of likely N-dealkylation sites (tertiary alicyclic amines) is 2. The van der Waals surface area contributed by atoms with Crippen LogP contribution in [0.5, 0.6) is 11.5 Å². The molecule has 4 aliphatic rings. The van der Waals surface area contributed by atoms with Crippen LogP contribution in [0.15, 0.2) is 67.0 Å². The summed E-state index contributed by atoms with van der Waals surface area (Å²) < 4.78 is 42.0. The number of fused-ring (bicyclic) bond motifs is 6. The summed E-state index contributed by atoms with van der Waals surface area (Å²) in [6.07, 6.45) is 5.06. The van der Waals surface area contributed by atoms with Gasteiger partial charge in [0.05, 0.1) is 66.9 Å². The quantitative estimate of drug-likeness (QED) is 0.0972. The van der Waals surface area contributed by atoms with Crippen LogP contribution < -0.4 is 20.1 Å². The maximum atomic E-state index is 17.0. The van der Waals surface area contributed by atoms with E-state index in [2.05, 4.69) is 40.5 Å². The van der Waals surface area contributed by atoms with Crippen LogP contribution in [0.25, 0.3) is 44.7 Å². The first kappa shape index (κ1) is 47.3. The summed E-state index contributed by atoms with van der Waals surface area (Å²) in [5.41, 5.74) is 6.00. The average Bonchev–Trinajstić information content (AvgIpc) is 4.21. The molecule has 6 aromatic rings. The van der Waals surface area contributed by atoms with Gasteiger partial charge in [0.15, 0.2) is 0 Å². The number of aromatic nitrogens is 5. The number of aromatic amines is 2. The van der Waals surface area contributed by atoms with E-state index in [-0.39, 0.29) is 41.3 Å². The molecule has 7 heterocycles. The first-order valence-corrected chi connectivity index (χ1v) is 24.4. The summed E-state index contributed by atoms with van der Waals surface area (Å²) in [7, 11) is 2.54. The molecule has 18 heteroatoms. The Morgan fingerprint density at radius 2 is 1.35 bits per heavy atom. The van der Waals surface area contributed by atoms with Crippen LogP contribution in [0.3, 0.4) is 0 Å². The Balaban J connectivity index is 0.986. The molecule has 0 saturated carbocycles. The normalized spacial score (nSPS) is 19.7. The van der Waals surface area contributed by atoms with Crippen molar-refractivity contribution in [1.29, 1.82) is 0 Å². The van der Waals surface area contributed by atoms with Gasteiger partial charge >= 0.3 is 12.2 Å². The third kappa shape index (κ3) is 8.70. The van der Waals surface area contributed by atoms with E-state index in [1.807, 2.05) is 74.7 Å². The Morgan fingerprint density at radius 3 is 1.93 bits per heavy atom. The SMILES string of the molecule is COC(=O)NC(C(=O)N1CCC[C@H]1c1ncc(-c2cc(F)c3c(c2)OC(c2ccc4c(c2)OC(C)(C)C4)n2c-3cc3cc(-c4cnc([C@@H]5CCCN5C(=O)C(NC(=O)OC)C(C)C)[nH]4)ccc32)[nH]1)C(C)C. The van der Waals surface area contributed by atoms with Gasteiger partial charge in [-0.15, -0.1) is 0 Å². The molecule has 2 fully saturated rings. The van der Waals surface area contributed by atoms with Crippen LogP contribution in [0.4, 0.5) is 14.0 Å². The lowest BCUT2D eigenvalue weighted by atomic mass is 9.99. The molecule has 3 aromatic carbocycles. The lowest BCUT2D eigenvalue weighted by Crippen LogP contribution is -2.51. The van der Waals surface area contributed by atoms with Crippen LogP contribution in [-0.4, -0.2) is 103 Å². The Kier molecular flexibility index (Phi) is 12.3. The van der Waals surface area contributed by atoms with E-state index >= 15 is 4.39 Å². The third-order valence-electron chi connectivity index (χ3n) is 14.3. The summed E-state index contributed by atoms with van der Waals surface area (Å²) >= 11 is 0. The summed E-state index contributed by atoms with van der Waals surface area (Å²) in [5.74, 6) is 1.10. The summed E-state index contributed by atoms with van der Waals surface area (Å²) in [6.45, 7) is 12.7. The highest BCUT2D eigenvalue weighted by atomic mass is 19.1. The molecule has 0 bridgehead atoms. The number of halogens is 1. The largest absolute Gasteiger partial charge is 0.487 e. The Bertz CT molecular complexity index is 3060. The molecule has 2 saturated heterocycles. The first-order chi connectivity index (χ1) is 34.0. The highest BCUT2D eigenvalue weighted by Gasteiger charge is 2.40. The zero-order chi connectivity index (χ0) is 50.0. The number of nitrogens with one attached hydrogen (secondary N) is 4. The third-order valence-corrected chi connectivity index (χ3v) is 14.3. The maximum absolute atomic E-state index is 17.0. The van der Waals surface area contributed by atoms with Gasteiger partial charge in [0.25, 0.3) is 0 Å². The Hall–Kier alpha value is -7.37. The van der Waals surface area contributed by atoms with Crippen molar-refractivity contribution in [2.45, 2.75) is 110 Å². The van der Waals surface area contributed by atoms with E-state index < -0.39 is 36.3 Å². The minimum atomic E-state index is -0.781. The van der Waals surface area contributed by atoms with Gasteiger partial charge in [0.1, 0.15) is 46.6 Å². The van der Waals surface area contributed by atoms with Crippen molar-refractivity contribution < 1.29 is 42.5 Å². The summed E-state index contributed by atoms with van der Waals surface area (Å²) in [4.78, 5) is 71.9. The fraction of sp³-hybridized carbons (Fsp3) is 0.434. The smallest absolute Gasteiger partial charge is 0.407 e. The topological polar surface area (TPSA) is 198 Å². The number of carbonyl (C=O) groups excluding carboxylic acids is 4. The molecule has 372 valence electrons. The van der Waals surface area contributed by atoms with Gasteiger partial charge in [-0.1, -0.05) is 45.9 Å². The molecular weight excluding hydrogens is 910 g/mol. The molecule has 4 aliphatic heterocycles. The molecule has 4 amide bonds. The fourth-order valence-corrected chi connectivity index (χ4v) is 10.8. The molecule has 10 rings (SSSR count). The standard InChI is InChI=1S/C53H60FN9O8/c1-27(2)44(59-51(66)68-7)48(64)61-17-9-11-38(61)46-55-25-35(57-46)29-15-16-37-33(19-29)21-40-43-34(54)20-32(23-42(43)70-50(63(37)40)30-13-14-31-24-53(5,6)71-41(31)22-30)36-26-56-47(58-36)39-12-10-18-62(39)49(65)45(28(3)4)60-52(67)69-8/h13-16,19-23,25-28,38-39,44-45,50H,9-12,17-18,24H2,1-8H3,(H,55,57)(H,56,58)(H,59,66)(H,60,67)/t38-,39-,44?,45?,50?/m0/s1. The van der Waals surface area contributed by atoms with Gasteiger partial charge in [-0.3, -0.25) is 9.59 Å². The molecule has 5 atom stereocenters. The predicted molar refractivity (Wildman–Crippen MR) is 262 cm³/mol. The van der Waals surface area contributed by atoms with Gasteiger partial charge in [-0.05, 0) is 93.3 Å². The van der Waals surface area contributed by atoms with Crippen LogP contribution in [0.1, 0.15) is 108 Å². The van der Waals surface area contributed by atoms with Gasteiger partial charge in [0, 0.05) is 41.6 Å². The van der Waals surface area contributed by atoms with Gasteiger partial charge in [-0.25, -0.2) is 23.9 Å². The number of hydrogen-bond donors (Lipinski definition) is 4. The van der Waals surface area contributed by atoms with E-state index in [1.165, 1.54) is 20.3 Å². The minimum absolute atomic E-state index is 0.160. The summed E-state index contributed by atoms with van der Waals surface area (Å²) in [6, 6.07) is 15.2. The molecule has 0 spiro atoms. The van der Waals surface area contributed by atoms with Crippen molar-refractivity contribution in [1.82, 2.24) is 44.9 Å². The number of amides is 4. The predicted octanol–water partition coefficient (Wildman–Crippen LogP) is 8.97. The van der Waals surface area contributed by atoms with Gasteiger partial charge in [0.2, 0.25) is 18.0 Å². The number of hydrogen-bond acceptors (Lipinski definition) is 10. The van der Waals surface area contributed by atoms with E-state index in [1.54, 1.807) is 22.2 Å². The molecule has 4 N–H and O–H groups in total. The fourth-order valence-electron chi connectivity index (χ4n) is 10.8. The monoisotopic (exact) mass is 969 g/mol. The zero-order valence-electron chi connectivity index (χ0n) is 41.2. The summed E-state index contributed by atoms with van der Waals surface area (Å²) in [5, 5.41) is 6.24. The molecule has 0 aliphatic carbocycles. The number of rotatable bonds is 11. The Morgan fingerprint density at radius 1 is 0.761 bits per heavy atom. The molecule has 3 aromatic heterocycles. The average molecular weight is 970 g/mol. The molecule has 71 heavy (non-hydrogen) atoms. The van der Waals surface area contributed by atoms with Crippen molar-refractivity contribution in [2.24, 2.45) is 11.8 Å². The van der Waals surface area contributed by atoms with Crippen molar-refractivity contribution in [2.75, 3.05) is 27.3 Å². The number of benzene rings is 3. The molecular formula is C53H60FN9O8. The van der Waals surface area contributed by atoms with E-state index in [0.29, 0.717) is 65.8 Å². The van der Waals surface area contributed by atoms with E-state index in [9.17, 15) is 19.2 Å².